The second-order valence-electron chi connectivity index (χ2n) is 1.55. The van der Waals surface area contributed by atoms with Crippen LogP contribution >= 0.6 is 15.9 Å². The number of rotatable bonds is 3. The highest BCUT2D eigenvalue weighted by molar-refractivity contribution is 9.09. The molecule has 0 bridgehead atoms. The van der Waals surface area contributed by atoms with Crippen molar-refractivity contribution in [3.8, 4) is 0 Å². The van der Waals surface area contributed by atoms with Gasteiger partial charge in [-0.2, -0.15) is 0 Å². The lowest BCUT2D eigenvalue weighted by Crippen LogP contribution is -2.08. The van der Waals surface area contributed by atoms with E-state index in [4.69, 9.17) is 0 Å². The van der Waals surface area contributed by atoms with E-state index < -0.39 is 0 Å². The molecule has 1 atom stereocenters. The molecule has 0 rings (SSSR count). The zero-order chi connectivity index (χ0) is 7.28. The largest absolute Gasteiger partial charge is 0.464 e. The van der Waals surface area contributed by atoms with Crippen LogP contribution in [-0.2, 0) is 9.53 Å². The molecule has 0 radical (unpaired) electrons. The lowest BCUT2D eigenvalue weighted by Gasteiger charge is -2.02. The van der Waals surface area contributed by atoms with Crippen LogP contribution in [0.25, 0.3) is 0 Å². The van der Waals surface area contributed by atoms with Gasteiger partial charge in [0.05, 0.1) is 4.83 Å². The molecule has 0 aliphatic carbocycles. The maximum absolute atomic E-state index is 10.2. The van der Waals surface area contributed by atoms with Crippen LogP contribution in [0.4, 0.5) is 0 Å². The Balaban J connectivity index is 3.26. The summed E-state index contributed by atoms with van der Waals surface area (Å²) < 4.78 is 4.64. The van der Waals surface area contributed by atoms with E-state index in [1.807, 2.05) is 0 Å². The monoisotopic (exact) mass is 192 g/mol. The third-order valence-corrected chi connectivity index (χ3v) is 1.34. The Morgan fingerprint density at radius 3 is 2.89 bits per heavy atom. The lowest BCUT2D eigenvalue weighted by molar-refractivity contribution is -0.140. The van der Waals surface area contributed by atoms with Crippen LogP contribution < -0.4 is 0 Å². The first-order valence-electron chi connectivity index (χ1n) is 2.56. The number of ether oxygens (including phenoxy) is 1. The Hall–Kier alpha value is -0.310. The van der Waals surface area contributed by atoms with Gasteiger partial charge in [0.2, 0.25) is 0 Å². The molecule has 0 aromatic rings. The highest BCUT2D eigenvalue weighted by Crippen LogP contribution is 1.99. The lowest BCUT2D eigenvalue weighted by atomic mass is 10.4. The van der Waals surface area contributed by atoms with Gasteiger partial charge in [-0.25, -0.2) is 0 Å². The Labute approximate surface area is 63.0 Å². The van der Waals surface area contributed by atoms with Gasteiger partial charge in [0, 0.05) is 6.92 Å². The molecule has 0 saturated carbocycles. The molecule has 0 aliphatic rings. The van der Waals surface area contributed by atoms with Gasteiger partial charge in [0.25, 0.3) is 0 Å². The smallest absolute Gasteiger partial charge is 0.302 e. The van der Waals surface area contributed by atoms with E-state index in [9.17, 15) is 4.79 Å². The average Bonchev–Trinajstić information content (AvgIpc) is 1.83. The molecule has 0 aromatic heterocycles. The van der Waals surface area contributed by atoms with Gasteiger partial charge in [-0.05, 0) is 0 Å². The topological polar surface area (TPSA) is 26.3 Å². The first kappa shape index (κ1) is 8.69. The van der Waals surface area contributed by atoms with Crippen LogP contribution in [0.5, 0.6) is 0 Å². The average molecular weight is 193 g/mol. The number of carbonyl (C=O) groups excluding carboxylic acids is 1. The van der Waals surface area contributed by atoms with Gasteiger partial charge in [-0.1, -0.05) is 22.0 Å². The highest BCUT2D eigenvalue weighted by Gasteiger charge is 1.98. The summed E-state index contributed by atoms with van der Waals surface area (Å²) in [4.78, 5) is 10.3. The fourth-order valence-electron chi connectivity index (χ4n) is 0.265. The normalized spacial score (nSPS) is 12.2. The molecule has 1 unspecified atom stereocenters. The quantitative estimate of drug-likeness (QED) is 0.385. The molecule has 0 aliphatic heterocycles. The molecular weight excluding hydrogens is 184 g/mol. The number of halogens is 1. The minimum atomic E-state index is -0.263. The number of hydrogen-bond acceptors (Lipinski definition) is 2. The third-order valence-electron chi connectivity index (χ3n) is 0.702. The Bertz CT molecular complexity index is 112. The molecule has 0 amide bonds. The van der Waals surface area contributed by atoms with E-state index in [1.165, 1.54) is 6.92 Å². The Morgan fingerprint density at radius 2 is 2.56 bits per heavy atom. The van der Waals surface area contributed by atoms with Crippen LogP contribution in [-0.4, -0.2) is 17.4 Å². The van der Waals surface area contributed by atoms with Crippen LogP contribution in [0.2, 0.25) is 0 Å². The molecule has 2 nitrogen and oxygen atoms in total. The van der Waals surface area contributed by atoms with E-state index in [-0.39, 0.29) is 10.8 Å². The number of esters is 1. The van der Waals surface area contributed by atoms with Crippen LogP contribution in [0.3, 0.4) is 0 Å². The number of carbonyl (C=O) groups is 1. The Morgan fingerprint density at radius 1 is 2.00 bits per heavy atom. The third kappa shape index (κ3) is 5.56. The van der Waals surface area contributed by atoms with Crippen molar-refractivity contribution in [3.63, 3.8) is 0 Å². The summed E-state index contributed by atoms with van der Waals surface area (Å²) in [6.07, 6.45) is 1.67. The standard InChI is InChI=1S/C6H9BrO2/c1-3-6(7)4-9-5(2)8/h3,6H,1,4H2,2H3. The van der Waals surface area contributed by atoms with Crippen molar-refractivity contribution in [1.82, 2.24) is 0 Å². The van der Waals surface area contributed by atoms with Crippen molar-refractivity contribution in [3.05, 3.63) is 12.7 Å². The van der Waals surface area contributed by atoms with E-state index >= 15 is 0 Å². The van der Waals surface area contributed by atoms with Crippen LogP contribution in [0.15, 0.2) is 12.7 Å². The summed E-state index contributed by atoms with van der Waals surface area (Å²) >= 11 is 3.21. The predicted molar refractivity (Wildman–Crippen MR) is 39.5 cm³/mol. The molecule has 0 spiro atoms. The summed E-state index contributed by atoms with van der Waals surface area (Å²) in [6.45, 7) is 5.24. The molecule has 9 heavy (non-hydrogen) atoms. The number of hydrogen-bond donors (Lipinski definition) is 0. The first-order valence-corrected chi connectivity index (χ1v) is 3.48. The van der Waals surface area contributed by atoms with Crippen molar-refractivity contribution >= 4 is 21.9 Å². The van der Waals surface area contributed by atoms with E-state index in [2.05, 4.69) is 27.2 Å². The van der Waals surface area contributed by atoms with Gasteiger partial charge >= 0.3 is 5.97 Å². The molecule has 0 heterocycles. The zero-order valence-electron chi connectivity index (χ0n) is 5.26. The van der Waals surface area contributed by atoms with Gasteiger partial charge in [-0.15, -0.1) is 6.58 Å². The second-order valence-corrected chi connectivity index (χ2v) is 2.73. The second kappa shape index (κ2) is 4.56. The number of alkyl halides is 1. The van der Waals surface area contributed by atoms with Crippen molar-refractivity contribution < 1.29 is 9.53 Å². The summed E-state index contributed by atoms with van der Waals surface area (Å²) in [5.74, 6) is -0.263. The van der Waals surface area contributed by atoms with Crippen molar-refractivity contribution in [2.45, 2.75) is 11.8 Å². The van der Waals surface area contributed by atoms with Crippen molar-refractivity contribution in [2.24, 2.45) is 0 Å². The summed E-state index contributed by atoms with van der Waals surface area (Å²) in [5.41, 5.74) is 0. The summed E-state index contributed by atoms with van der Waals surface area (Å²) in [6, 6.07) is 0. The highest BCUT2D eigenvalue weighted by atomic mass is 79.9. The maximum atomic E-state index is 10.2. The minimum Gasteiger partial charge on any atom is -0.464 e. The van der Waals surface area contributed by atoms with E-state index in [0.29, 0.717) is 6.61 Å². The van der Waals surface area contributed by atoms with Gasteiger partial charge in [0.15, 0.2) is 0 Å². The molecule has 0 aromatic carbocycles. The van der Waals surface area contributed by atoms with Crippen molar-refractivity contribution in [2.75, 3.05) is 6.61 Å². The Kier molecular flexibility index (Phi) is 4.40. The van der Waals surface area contributed by atoms with E-state index in [0.717, 1.165) is 0 Å². The molecular formula is C6H9BrO2. The van der Waals surface area contributed by atoms with E-state index in [1.54, 1.807) is 6.08 Å². The zero-order valence-corrected chi connectivity index (χ0v) is 6.85. The minimum absolute atomic E-state index is 0.0707. The molecule has 0 N–H and O–H groups in total. The molecule has 52 valence electrons. The summed E-state index contributed by atoms with van der Waals surface area (Å²) in [5, 5.41) is 0. The summed E-state index contributed by atoms with van der Waals surface area (Å²) in [7, 11) is 0. The SMILES string of the molecule is C=CC(Br)COC(C)=O. The first-order chi connectivity index (χ1) is 4.16. The maximum Gasteiger partial charge on any atom is 0.302 e. The fourth-order valence-corrected chi connectivity index (χ4v) is 0.397. The fraction of sp³-hybridized carbons (Fsp3) is 0.500. The molecule has 0 saturated heterocycles. The van der Waals surface area contributed by atoms with Crippen LogP contribution in [0, 0.1) is 0 Å². The van der Waals surface area contributed by atoms with Gasteiger partial charge < -0.3 is 4.74 Å². The van der Waals surface area contributed by atoms with Crippen molar-refractivity contribution in [1.29, 1.82) is 0 Å². The van der Waals surface area contributed by atoms with Gasteiger partial charge in [0.1, 0.15) is 6.61 Å². The predicted octanol–water partition coefficient (Wildman–Crippen LogP) is 1.50. The molecule has 3 heteroatoms. The molecule has 0 fully saturated rings. The van der Waals surface area contributed by atoms with Crippen LogP contribution in [0.1, 0.15) is 6.92 Å². The van der Waals surface area contributed by atoms with Gasteiger partial charge in [-0.3, -0.25) is 4.79 Å².